The van der Waals surface area contributed by atoms with Gasteiger partial charge in [0.15, 0.2) is 6.04 Å². The molecule has 0 saturated carbocycles. The van der Waals surface area contributed by atoms with Gasteiger partial charge in [-0.05, 0) is 25.7 Å². The molecule has 0 bridgehead atoms. The van der Waals surface area contributed by atoms with Crippen molar-refractivity contribution in [1.29, 1.82) is 5.26 Å². The fourth-order valence-corrected chi connectivity index (χ4v) is 1.57. The fourth-order valence-electron chi connectivity index (χ4n) is 1.57. The van der Waals surface area contributed by atoms with Gasteiger partial charge in [0.1, 0.15) is 13.2 Å². The molecule has 8 nitrogen and oxygen atoms in total. The van der Waals surface area contributed by atoms with Crippen LogP contribution in [-0.2, 0) is 28.6 Å². The summed E-state index contributed by atoms with van der Waals surface area (Å²) >= 11 is 0. The number of aliphatic imine (C=N–C) groups is 1. The molecule has 8 heteroatoms. The summed E-state index contributed by atoms with van der Waals surface area (Å²) in [7, 11) is 0. The van der Waals surface area contributed by atoms with Crippen LogP contribution >= 0.6 is 0 Å². The van der Waals surface area contributed by atoms with E-state index in [0.717, 1.165) is 0 Å². The van der Waals surface area contributed by atoms with E-state index in [4.69, 9.17) is 14.7 Å². The Kier molecular flexibility index (Phi) is 12.6. The van der Waals surface area contributed by atoms with Gasteiger partial charge in [-0.25, -0.2) is 9.59 Å². The smallest absolute Gasteiger partial charge is 0.331 e. The molecule has 0 aromatic carbocycles. The maximum absolute atomic E-state index is 11.8. The first-order valence-corrected chi connectivity index (χ1v) is 7.16. The Hall–Kier alpha value is -2.65. The topological polar surface area (TPSA) is 115 Å². The zero-order valence-electron chi connectivity index (χ0n) is 12.9. The number of carbonyl (C=O) groups is 2. The Morgan fingerprint density at radius 1 is 1.22 bits per heavy atom. The second-order valence-electron chi connectivity index (χ2n) is 4.41. The largest absolute Gasteiger partial charge is 0.464 e. The summed E-state index contributed by atoms with van der Waals surface area (Å²) in [4.78, 5) is 36.7. The lowest BCUT2D eigenvalue weighted by molar-refractivity contribution is -0.148. The lowest BCUT2D eigenvalue weighted by atomic mass is 10.1. The van der Waals surface area contributed by atoms with Crippen molar-refractivity contribution in [2.75, 3.05) is 19.8 Å². The molecular formula is C15H20N2O6. The number of rotatable bonds is 13. The Bertz CT molecular complexity index is 465. The number of hydrogen-bond acceptors (Lipinski definition) is 8. The molecule has 126 valence electrons. The highest BCUT2D eigenvalue weighted by atomic mass is 16.5. The van der Waals surface area contributed by atoms with Crippen molar-refractivity contribution in [3.63, 3.8) is 0 Å². The van der Waals surface area contributed by atoms with E-state index in [1.165, 1.54) is 18.4 Å². The van der Waals surface area contributed by atoms with Gasteiger partial charge in [0.25, 0.3) is 6.26 Å². The Morgan fingerprint density at radius 2 is 2.00 bits per heavy atom. The van der Waals surface area contributed by atoms with Crippen LogP contribution in [0, 0.1) is 11.5 Å². The minimum absolute atomic E-state index is 0.0322. The van der Waals surface area contributed by atoms with E-state index in [1.807, 2.05) is 0 Å². The Morgan fingerprint density at radius 3 is 2.65 bits per heavy atom. The van der Waals surface area contributed by atoms with Crippen LogP contribution < -0.4 is 0 Å². The van der Waals surface area contributed by atoms with E-state index < -0.39 is 18.0 Å². The van der Waals surface area contributed by atoms with Gasteiger partial charge in [-0.15, -0.1) is 0 Å². The Balaban J connectivity index is 3.97. The van der Waals surface area contributed by atoms with Gasteiger partial charge in [0, 0.05) is 6.42 Å². The molecule has 0 radical (unpaired) electrons. The van der Waals surface area contributed by atoms with Gasteiger partial charge in [-0.1, -0.05) is 12.7 Å². The molecular weight excluding hydrogens is 304 g/mol. The number of unbranched alkanes of at least 4 members (excludes halogenated alkanes) is 1. The molecule has 0 aliphatic rings. The lowest BCUT2D eigenvalue weighted by Gasteiger charge is -2.10. The molecule has 0 aliphatic heterocycles. The first-order chi connectivity index (χ1) is 11.2. The SMILES string of the molecule is C=CCOC(=O)CCCOC(=O)C(CCCCOC#N)N=C=O. The van der Waals surface area contributed by atoms with E-state index in [-0.39, 0.29) is 26.2 Å². The van der Waals surface area contributed by atoms with Crippen molar-refractivity contribution >= 4 is 18.0 Å². The first-order valence-electron chi connectivity index (χ1n) is 7.16. The maximum Gasteiger partial charge on any atom is 0.331 e. The summed E-state index contributed by atoms with van der Waals surface area (Å²) in [6.07, 6.45) is 6.17. The molecule has 0 amide bonds. The van der Waals surface area contributed by atoms with E-state index in [9.17, 15) is 14.4 Å². The van der Waals surface area contributed by atoms with Crippen LogP contribution in [0.25, 0.3) is 0 Å². The standard InChI is InChI=1S/C15H20N2O6/c1-2-8-22-14(19)7-5-10-23-15(20)13(17-12-18)6-3-4-9-21-11-16/h2,13H,1,3-10H2. The summed E-state index contributed by atoms with van der Waals surface area (Å²) in [6, 6.07) is -0.928. The Labute approximate surface area is 134 Å². The van der Waals surface area contributed by atoms with Crippen LogP contribution in [-0.4, -0.2) is 43.9 Å². The summed E-state index contributed by atoms with van der Waals surface area (Å²) < 4.78 is 14.2. The highest BCUT2D eigenvalue weighted by molar-refractivity contribution is 5.77. The molecule has 0 rings (SSSR count). The zero-order chi connectivity index (χ0) is 17.3. The molecule has 0 heterocycles. The minimum atomic E-state index is -0.928. The summed E-state index contributed by atoms with van der Waals surface area (Å²) in [6.45, 7) is 3.84. The van der Waals surface area contributed by atoms with Gasteiger partial charge in [0.05, 0.1) is 6.61 Å². The summed E-state index contributed by atoms with van der Waals surface area (Å²) in [5.74, 6) is -1.05. The molecule has 0 aliphatic carbocycles. The third kappa shape index (κ3) is 11.7. The molecule has 0 spiro atoms. The van der Waals surface area contributed by atoms with Crippen molar-refractivity contribution in [3.8, 4) is 6.26 Å². The van der Waals surface area contributed by atoms with Crippen LogP contribution in [0.2, 0.25) is 0 Å². The molecule has 1 unspecified atom stereocenters. The van der Waals surface area contributed by atoms with Gasteiger partial charge in [-0.3, -0.25) is 4.79 Å². The monoisotopic (exact) mass is 324 g/mol. The average Bonchev–Trinajstić information content (AvgIpc) is 2.55. The van der Waals surface area contributed by atoms with Crippen LogP contribution in [0.5, 0.6) is 0 Å². The highest BCUT2D eigenvalue weighted by Crippen LogP contribution is 2.07. The van der Waals surface area contributed by atoms with Crippen molar-refractivity contribution < 1.29 is 28.6 Å². The van der Waals surface area contributed by atoms with E-state index >= 15 is 0 Å². The second kappa shape index (κ2) is 14.3. The number of hydrogen-bond donors (Lipinski definition) is 0. The number of esters is 2. The maximum atomic E-state index is 11.8. The van der Waals surface area contributed by atoms with Gasteiger partial charge < -0.3 is 14.2 Å². The predicted molar refractivity (Wildman–Crippen MR) is 78.7 cm³/mol. The summed E-state index contributed by atoms with van der Waals surface area (Å²) in [5, 5.41) is 8.20. The van der Waals surface area contributed by atoms with Crippen molar-refractivity contribution in [2.24, 2.45) is 4.99 Å². The molecule has 0 saturated heterocycles. The molecule has 0 fully saturated rings. The van der Waals surface area contributed by atoms with Gasteiger partial charge in [0.2, 0.25) is 6.08 Å². The highest BCUT2D eigenvalue weighted by Gasteiger charge is 2.19. The molecule has 0 aromatic heterocycles. The molecule has 1 atom stereocenters. The van der Waals surface area contributed by atoms with Crippen LogP contribution in [0.4, 0.5) is 0 Å². The third-order valence-electron chi connectivity index (χ3n) is 2.65. The molecule has 0 aromatic rings. The minimum Gasteiger partial charge on any atom is -0.464 e. The van der Waals surface area contributed by atoms with Gasteiger partial charge >= 0.3 is 11.9 Å². The van der Waals surface area contributed by atoms with E-state index in [0.29, 0.717) is 25.7 Å². The van der Waals surface area contributed by atoms with Gasteiger partial charge in [-0.2, -0.15) is 10.3 Å². The predicted octanol–water partition coefficient (Wildman–Crippen LogP) is 1.41. The second-order valence-corrected chi connectivity index (χ2v) is 4.41. The molecule has 23 heavy (non-hydrogen) atoms. The first kappa shape index (κ1) is 20.3. The zero-order valence-corrected chi connectivity index (χ0v) is 12.9. The van der Waals surface area contributed by atoms with E-state index in [1.54, 1.807) is 0 Å². The van der Waals surface area contributed by atoms with Crippen molar-refractivity contribution in [2.45, 2.75) is 38.1 Å². The van der Waals surface area contributed by atoms with Crippen molar-refractivity contribution in [3.05, 3.63) is 12.7 Å². The third-order valence-corrected chi connectivity index (χ3v) is 2.65. The number of carbonyl (C=O) groups excluding carboxylic acids is 3. The number of isocyanates is 1. The van der Waals surface area contributed by atoms with E-state index in [2.05, 4.69) is 16.3 Å². The number of nitriles is 1. The number of ether oxygens (including phenoxy) is 3. The van der Waals surface area contributed by atoms with Crippen LogP contribution in [0.3, 0.4) is 0 Å². The average molecular weight is 324 g/mol. The van der Waals surface area contributed by atoms with Crippen LogP contribution in [0.1, 0.15) is 32.1 Å². The fraction of sp³-hybridized carbons (Fsp3) is 0.600. The normalized spacial score (nSPS) is 10.6. The number of nitrogens with zero attached hydrogens (tertiary/aromatic N) is 2. The quantitative estimate of drug-likeness (QED) is 0.126. The van der Waals surface area contributed by atoms with Crippen molar-refractivity contribution in [1.82, 2.24) is 0 Å². The van der Waals surface area contributed by atoms with Crippen LogP contribution in [0.15, 0.2) is 17.6 Å². The summed E-state index contributed by atoms with van der Waals surface area (Å²) in [5.41, 5.74) is 0. The molecule has 0 N–H and O–H groups in total. The lowest BCUT2D eigenvalue weighted by Crippen LogP contribution is -2.22.